The van der Waals surface area contributed by atoms with E-state index in [2.05, 4.69) is 4.74 Å². The number of carbonyl (C=O) groups excluding carboxylic acids is 2. The Morgan fingerprint density at radius 1 is 1.12 bits per heavy atom. The summed E-state index contributed by atoms with van der Waals surface area (Å²) in [5.41, 5.74) is 1.07. The monoisotopic (exact) mass is 232 g/mol. The predicted molar refractivity (Wildman–Crippen MR) is 60.9 cm³/mol. The van der Waals surface area contributed by atoms with Crippen LogP contribution in [0.25, 0.3) is 0 Å². The lowest BCUT2D eigenvalue weighted by Crippen LogP contribution is -2.06. The molecular weight excluding hydrogens is 220 g/mol. The molecule has 0 radical (unpaired) electrons. The molecule has 0 saturated heterocycles. The van der Waals surface area contributed by atoms with Gasteiger partial charge in [0.25, 0.3) is 0 Å². The van der Waals surface area contributed by atoms with Crippen molar-refractivity contribution >= 4 is 11.9 Å². The van der Waals surface area contributed by atoms with Gasteiger partial charge in [-0.3, -0.25) is 0 Å². The summed E-state index contributed by atoms with van der Waals surface area (Å²) in [5.74, 6) is 2.54. The first-order valence-electron chi connectivity index (χ1n) is 5.03. The highest BCUT2D eigenvalue weighted by Crippen LogP contribution is 1.99. The van der Waals surface area contributed by atoms with Crippen LogP contribution in [0.3, 0.4) is 0 Å². The van der Waals surface area contributed by atoms with Crippen LogP contribution >= 0.6 is 0 Å². The van der Waals surface area contributed by atoms with E-state index in [9.17, 15) is 9.59 Å². The van der Waals surface area contributed by atoms with Crippen molar-refractivity contribution in [1.29, 1.82) is 0 Å². The highest BCUT2D eigenvalue weighted by atomic mass is 16.5. The molecule has 0 N–H and O–H groups in total. The zero-order valence-electron chi connectivity index (χ0n) is 9.43. The highest BCUT2D eigenvalue weighted by molar-refractivity contribution is 5.98. The van der Waals surface area contributed by atoms with Gasteiger partial charge >= 0.3 is 11.9 Å². The fourth-order valence-electron chi connectivity index (χ4n) is 1.10. The Bertz CT molecular complexity index is 439. The van der Waals surface area contributed by atoms with Crippen molar-refractivity contribution in [2.24, 2.45) is 0 Å². The third-order valence-electron chi connectivity index (χ3n) is 1.92. The average Bonchev–Trinajstić information content (AvgIpc) is 2.37. The minimum absolute atomic E-state index is 0.235. The lowest BCUT2D eigenvalue weighted by Gasteiger charge is -2.00. The van der Waals surface area contributed by atoms with E-state index in [4.69, 9.17) is 4.74 Å². The highest BCUT2D eigenvalue weighted by Gasteiger charge is 1.99. The Morgan fingerprint density at radius 2 is 1.76 bits per heavy atom. The van der Waals surface area contributed by atoms with Crippen LogP contribution in [0.2, 0.25) is 0 Å². The summed E-state index contributed by atoms with van der Waals surface area (Å²) in [6, 6.07) is 9.61. The maximum atomic E-state index is 11.1. The molecule has 0 fully saturated rings. The van der Waals surface area contributed by atoms with E-state index in [0.717, 1.165) is 5.56 Å². The van der Waals surface area contributed by atoms with E-state index in [1.165, 1.54) is 7.11 Å². The van der Waals surface area contributed by atoms with E-state index >= 15 is 0 Å². The largest absolute Gasteiger partial charge is 0.459 e. The minimum Gasteiger partial charge on any atom is -0.459 e. The summed E-state index contributed by atoms with van der Waals surface area (Å²) in [5, 5.41) is 0. The van der Waals surface area contributed by atoms with Crippen LogP contribution in [0.5, 0.6) is 0 Å². The first-order valence-corrected chi connectivity index (χ1v) is 5.03. The molecule has 0 spiro atoms. The van der Waals surface area contributed by atoms with Crippen molar-refractivity contribution in [3.8, 4) is 11.8 Å². The molecule has 0 aliphatic heterocycles. The molecule has 0 amide bonds. The normalized spacial score (nSPS) is 8.76. The van der Waals surface area contributed by atoms with Crippen LogP contribution in [-0.2, 0) is 25.5 Å². The third kappa shape index (κ3) is 5.38. The van der Waals surface area contributed by atoms with Gasteiger partial charge in [-0.25, -0.2) is 9.59 Å². The van der Waals surface area contributed by atoms with Crippen LogP contribution < -0.4 is 0 Å². The lowest BCUT2D eigenvalue weighted by molar-refractivity contribution is -0.137. The number of rotatable bonds is 3. The van der Waals surface area contributed by atoms with Gasteiger partial charge in [0, 0.05) is 18.3 Å². The number of hydrogen-bond donors (Lipinski definition) is 0. The topological polar surface area (TPSA) is 52.6 Å². The smallest absolute Gasteiger partial charge is 0.384 e. The van der Waals surface area contributed by atoms with Crippen LogP contribution in [0.1, 0.15) is 5.56 Å². The van der Waals surface area contributed by atoms with Crippen molar-refractivity contribution < 1.29 is 19.1 Å². The zero-order valence-corrected chi connectivity index (χ0v) is 9.43. The van der Waals surface area contributed by atoms with Gasteiger partial charge in [-0.15, -0.1) is 0 Å². The second-order valence-electron chi connectivity index (χ2n) is 3.11. The standard InChI is InChI=1S/C13H12O4/c1-16-12(14)7-8-13(15)17-10-9-11-5-3-2-4-6-11/h2-6H,9-10H2,1H3. The molecule has 0 aromatic heterocycles. The van der Waals surface area contributed by atoms with Crippen molar-refractivity contribution in [2.45, 2.75) is 6.42 Å². The van der Waals surface area contributed by atoms with Gasteiger partial charge in [0.1, 0.15) is 0 Å². The molecule has 17 heavy (non-hydrogen) atoms. The van der Waals surface area contributed by atoms with E-state index in [-0.39, 0.29) is 6.61 Å². The molecule has 4 heteroatoms. The molecule has 0 aliphatic carbocycles. The lowest BCUT2D eigenvalue weighted by atomic mass is 10.2. The predicted octanol–water partition coefficient (Wildman–Crippen LogP) is 0.949. The zero-order chi connectivity index (χ0) is 12.5. The number of esters is 2. The molecule has 0 atom stereocenters. The van der Waals surface area contributed by atoms with Gasteiger partial charge in [0.05, 0.1) is 13.7 Å². The number of benzene rings is 1. The van der Waals surface area contributed by atoms with Crippen molar-refractivity contribution in [1.82, 2.24) is 0 Å². The molecule has 1 aromatic rings. The molecule has 4 nitrogen and oxygen atoms in total. The Balaban J connectivity index is 2.29. The van der Waals surface area contributed by atoms with Crippen LogP contribution in [0, 0.1) is 11.8 Å². The third-order valence-corrected chi connectivity index (χ3v) is 1.92. The molecule has 0 aliphatic rings. The van der Waals surface area contributed by atoms with Crippen molar-refractivity contribution in [3.63, 3.8) is 0 Å². The maximum absolute atomic E-state index is 11.1. The van der Waals surface area contributed by atoms with E-state index in [0.29, 0.717) is 6.42 Å². The quantitative estimate of drug-likeness (QED) is 0.442. The Kier molecular flexibility index (Phi) is 5.32. The molecule has 0 unspecified atom stereocenters. The van der Waals surface area contributed by atoms with Gasteiger partial charge in [0.15, 0.2) is 0 Å². The van der Waals surface area contributed by atoms with Crippen molar-refractivity contribution in [2.75, 3.05) is 13.7 Å². The number of carbonyl (C=O) groups is 2. The van der Waals surface area contributed by atoms with E-state index < -0.39 is 11.9 Å². The minimum atomic E-state index is -0.759. The average molecular weight is 232 g/mol. The van der Waals surface area contributed by atoms with Gasteiger partial charge in [-0.2, -0.15) is 0 Å². The van der Waals surface area contributed by atoms with Crippen LogP contribution in [0.4, 0.5) is 0 Å². The summed E-state index contributed by atoms with van der Waals surface area (Å²) in [7, 11) is 1.19. The Morgan fingerprint density at radius 3 is 2.41 bits per heavy atom. The fourth-order valence-corrected chi connectivity index (χ4v) is 1.10. The van der Waals surface area contributed by atoms with Crippen molar-refractivity contribution in [3.05, 3.63) is 35.9 Å². The van der Waals surface area contributed by atoms with E-state index in [1.807, 2.05) is 42.2 Å². The summed E-state index contributed by atoms with van der Waals surface area (Å²) in [4.78, 5) is 21.7. The van der Waals surface area contributed by atoms with E-state index in [1.54, 1.807) is 0 Å². The molecule has 88 valence electrons. The first kappa shape index (κ1) is 12.8. The summed E-state index contributed by atoms with van der Waals surface area (Å²) >= 11 is 0. The second-order valence-corrected chi connectivity index (χ2v) is 3.11. The molecule has 0 bridgehead atoms. The summed E-state index contributed by atoms with van der Waals surface area (Å²) in [6.07, 6.45) is 0.618. The molecule has 1 rings (SSSR count). The number of methoxy groups -OCH3 is 1. The Labute approximate surface area is 99.5 Å². The molecule has 0 saturated carbocycles. The molecular formula is C13H12O4. The second kappa shape index (κ2) is 7.07. The van der Waals surface area contributed by atoms with Crippen LogP contribution in [-0.4, -0.2) is 25.7 Å². The summed E-state index contributed by atoms with van der Waals surface area (Å²) < 4.78 is 9.07. The number of hydrogen-bond acceptors (Lipinski definition) is 4. The first-order chi connectivity index (χ1) is 8.22. The molecule has 0 heterocycles. The number of ether oxygens (including phenoxy) is 2. The fraction of sp³-hybridized carbons (Fsp3) is 0.231. The Hall–Kier alpha value is -2.28. The summed E-state index contributed by atoms with van der Waals surface area (Å²) in [6.45, 7) is 0.235. The van der Waals surface area contributed by atoms with Gasteiger partial charge < -0.3 is 9.47 Å². The van der Waals surface area contributed by atoms with Crippen LogP contribution in [0.15, 0.2) is 30.3 Å². The SMILES string of the molecule is COC(=O)C#CC(=O)OCCc1ccccc1. The maximum Gasteiger partial charge on any atom is 0.384 e. The molecule has 1 aromatic carbocycles. The van der Waals surface area contributed by atoms with Gasteiger partial charge in [-0.05, 0) is 5.56 Å². The van der Waals surface area contributed by atoms with Gasteiger partial charge in [-0.1, -0.05) is 30.3 Å². The van der Waals surface area contributed by atoms with Gasteiger partial charge in [0.2, 0.25) is 0 Å².